The molecule has 0 saturated heterocycles. The summed E-state index contributed by atoms with van der Waals surface area (Å²) in [6.45, 7) is 0. The van der Waals surface area contributed by atoms with Gasteiger partial charge in [-0.25, -0.2) is 12.7 Å². The van der Waals surface area contributed by atoms with E-state index in [1.165, 1.54) is 56.6 Å². The van der Waals surface area contributed by atoms with Gasteiger partial charge >= 0.3 is 6.18 Å². The first-order valence-corrected chi connectivity index (χ1v) is 8.88. The number of hydrogen-bond donors (Lipinski definition) is 0. The standard InChI is InChI=1S/C18H16F3NO3S/c1-22(2)26(24,25)16-8-4-6-14(12-16)17(23)10-9-13-5-3-7-15(11-13)18(19,20)21/h3-12H,1-2H3/b10-9+. The van der Waals surface area contributed by atoms with Crippen molar-refractivity contribution in [2.24, 2.45) is 0 Å². The minimum atomic E-state index is -4.47. The second-order valence-electron chi connectivity index (χ2n) is 5.64. The van der Waals surface area contributed by atoms with Gasteiger partial charge in [0.2, 0.25) is 10.0 Å². The fraction of sp³-hybridized carbons (Fsp3) is 0.167. The van der Waals surface area contributed by atoms with Crippen LogP contribution in [0.4, 0.5) is 13.2 Å². The number of ketones is 1. The van der Waals surface area contributed by atoms with Crippen LogP contribution in [0.2, 0.25) is 0 Å². The van der Waals surface area contributed by atoms with E-state index < -0.39 is 27.5 Å². The number of nitrogens with zero attached hydrogens (tertiary/aromatic N) is 1. The van der Waals surface area contributed by atoms with Crippen molar-refractivity contribution < 1.29 is 26.4 Å². The van der Waals surface area contributed by atoms with Crippen LogP contribution in [0.25, 0.3) is 6.08 Å². The minimum absolute atomic E-state index is 0.0409. The summed E-state index contributed by atoms with van der Waals surface area (Å²) in [6, 6.07) is 10.0. The molecule has 26 heavy (non-hydrogen) atoms. The summed E-state index contributed by atoms with van der Waals surface area (Å²) in [5, 5.41) is 0. The number of allylic oxidation sites excluding steroid dienone is 1. The van der Waals surface area contributed by atoms with E-state index >= 15 is 0 Å². The Morgan fingerprint density at radius 1 is 1.04 bits per heavy atom. The Kier molecular flexibility index (Phi) is 5.68. The van der Waals surface area contributed by atoms with Crippen LogP contribution in [0, 0.1) is 0 Å². The maximum absolute atomic E-state index is 12.7. The summed E-state index contributed by atoms with van der Waals surface area (Å²) in [5.41, 5.74) is -0.479. The highest BCUT2D eigenvalue weighted by Gasteiger charge is 2.30. The smallest absolute Gasteiger partial charge is 0.289 e. The lowest BCUT2D eigenvalue weighted by molar-refractivity contribution is -0.137. The highest BCUT2D eigenvalue weighted by atomic mass is 32.2. The van der Waals surface area contributed by atoms with Gasteiger partial charge in [-0.2, -0.15) is 13.2 Å². The Labute approximate surface area is 149 Å². The number of sulfonamides is 1. The number of alkyl halides is 3. The second-order valence-corrected chi connectivity index (χ2v) is 7.79. The third-order valence-corrected chi connectivity index (χ3v) is 5.35. The van der Waals surface area contributed by atoms with Crippen LogP contribution in [0.3, 0.4) is 0 Å². The van der Waals surface area contributed by atoms with Crippen molar-refractivity contribution >= 4 is 21.9 Å². The second kappa shape index (κ2) is 7.43. The van der Waals surface area contributed by atoms with Crippen LogP contribution in [0.15, 0.2) is 59.5 Å². The van der Waals surface area contributed by atoms with Crippen molar-refractivity contribution in [3.63, 3.8) is 0 Å². The molecule has 0 aliphatic carbocycles. The van der Waals surface area contributed by atoms with Crippen LogP contribution in [0.5, 0.6) is 0 Å². The molecule has 0 radical (unpaired) electrons. The Balaban J connectivity index is 2.27. The van der Waals surface area contributed by atoms with Gasteiger partial charge < -0.3 is 0 Å². The number of hydrogen-bond acceptors (Lipinski definition) is 3. The molecule has 0 aliphatic heterocycles. The van der Waals surface area contributed by atoms with Crippen LogP contribution >= 0.6 is 0 Å². The third kappa shape index (κ3) is 4.59. The van der Waals surface area contributed by atoms with E-state index in [9.17, 15) is 26.4 Å². The highest BCUT2D eigenvalue weighted by Crippen LogP contribution is 2.29. The fourth-order valence-corrected chi connectivity index (χ4v) is 3.06. The lowest BCUT2D eigenvalue weighted by Gasteiger charge is -2.11. The van der Waals surface area contributed by atoms with Gasteiger partial charge in [-0.05, 0) is 35.9 Å². The van der Waals surface area contributed by atoms with Crippen LogP contribution in [0.1, 0.15) is 21.5 Å². The van der Waals surface area contributed by atoms with Gasteiger partial charge in [-0.3, -0.25) is 4.79 Å². The van der Waals surface area contributed by atoms with Crippen LogP contribution < -0.4 is 0 Å². The average Bonchev–Trinajstić information content (AvgIpc) is 2.59. The average molecular weight is 383 g/mol. The van der Waals surface area contributed by atoms with Gasteiger partial charge in [0.1, 0.15) is 0 Å². The number of benzene rings is 2. The third-order valence-electron chi connectivity index (χ3n) is 3.54. The molecule has 0 fully saturated rings. The quantitative estimate of drug-likeness (QED) is 0.582. The SMILES string of the molecule is CN(C)S(=O)(=O)c1cccc(C(=O)/C=C/c2cccc(C(F)(F)F)c2)c1. The van der Waals surface area contributed by atoms with E-state index in [-0.39, 0.29) is 16.0 Å². The summed E-state index contributed by atoms with van der Waals surface area (Å²) in [7, 11) is -0.945. The van der Waals surface area contributed by atoms with E-state index in [1.807, 2.05) is 0 Å². The molecule has 2 aromatic rings. The van der Waals surface area contributed by atoms with E-state index in [4.69, 9.17) is 0 Å². The zero-order valence-corrected chi connectivity index (χ0v) is 14.8. The number of carbonyl (C=O) groups is 1. The normalized spacial score (nSPS) is 12.7. The van der Waals surface area contributed by atoms with Gasteiger partial charge in [0.05, 0.1) is 10.5 Å². The zero-order chi connectivity index (χ0) is 19.5. The van der Waals surface area contributed by atoms with E-state index in [0.717, 1.165) is 22.5 Å². The lowest BCUT2D eigenvalue weighted by atomic mass is 10.1. The van der Waals surface area contributed by atoms with E-state index in [0.29, 0.717) is 0 Å². The van der Waals surface area contributed by atoms with Gasteiger partial charge in [0, 0.05) is 19.7 Å². The molecule has 0 aliphatic rings. The lowest BCUT2D eigenvalue weighted by Crippen LogP contribution is -2.22. The zero-order valence-electron chi connectivity index (χ0n) is 14.0. The molecule has 8 heteroatoms. The topological polar surface area (TPSA) is 54.5 Å². The van der Waals surface area contributed by atoms with Crippen LogP contribution in [-0.4, -0.2) is 32.6 Å². The summed E-state index contributed by atoms with van der Waals surface area (Å²) < 4.78 is 63.3. The van der Waals surface area contributed by atoms with Gasteiger partial charge in [0.15, 0.2) is 5.78 Å². The maximum Gasteiger partial charge on any atom is 0.416 e. The maximum atomic E-state index is 12.7. The summed E-state index contributed by atoms with van der Waals surface area (Å²) in [5.74, 6) is -0.516. The molecule has 0 saturated carbocycles. The highest BCUT2D eigenvalue weighted by molar-refractivity contribution is 7.89. The summed E-state index contributed by atoms with van der Waals surface area (Å²) in [4.78, 5) is 12.2. The molecular weight excluding hydrogens is 367 g/mol. The molecule has 0 amide bonds. The molecule has 0 unspecified atom stereocenters. The Hall–Kier alpha value is -2.45. The van der Waals surface area contributed by atoms with Crippen molar-refractivity contribution in [2.45, 2.75) is 11.1 Å². The van der Waals surface area contributed by atoms with Gasteiger partial charge in [-0.15, -0.1) is 0 Å². The Morgan fingerprint density at radius 3 is 2.31 bits per heavy atom. The molecule has 138 valence electrons. The van der Waals surface area contributed by atoms with Crippen molar-refractivity contribution in [1.29, 1.82) is 0 Å². The minimum Gasteiger partial charge on any atom is -0.289 e. The molecular formula is C18H16F3NO3S. The molecule has 0 N–H and O–H groups in total. The predicted molar refractivity (Wildman–Crippen MR) is 92.1 cm³/mol. The van der Waals surface area contributed by atoms with Crippen molar-refractivity contribution in [1.82, 2.24) is 4.31 Å². The summed E-state index contributed by atoms with van der Waals surface area (Å²) >= 11 is 0. The molecule has 0 aromatic heterocycles. The number of carbonyl (C=O) groups excluding carboxylic acids is 1. The van der Waals surface area contributed by atoms with Crippen molar-refractivity contribution in [3.05, 3.63) is 71.3 Å². The first-order valence-electron chi connectivity index (χ1n) is 7.44. The van der Waals surface area contributed by atoms with Gasteiger partial charge in [0.25, 0.3) is 0 Å². The Bertz CT molecular complexity index is 948. The molecule has 0 atom stereocenters. The first kappa shape index (κ1) is 19.9. The molecule has 2 aromatic carbocycles. The van der Waals surface area contributed by atoms with E-state index in [1.54, 1.807) is 0 Å². The van der Waals surface area contributed by atoms with Gasteiger partial charge in [-0.1, -0.05) is 30.3 Å². The molecule has 0 spiro atoms. The number of rotatable bonds is 5. The van der Waals surface area contributed by atoms with Crippen LogP contribution in [-0.2, 0) is 16.2 Å². The molecule has 0 bridgehead atoms. The molecule has 4 nitrogen and oxygen atoms in total. The molecule has 0 heterocycles. The Morgan fingerprint density at radius 2 is 1.69 bits per heavy atom. The van der Waals surface area contributed by atoms with Crippen molar-refractivity contribution in [2.75, 3.05) is 14.1 Å². The van der Waals surface area contributed by atoms with Crippen molar-refractivity contribution in [3.8, 4) is 0 Å². The first-order chi connectivity index (χ1) is 12.0. The molecule has 2 rings (SSSR count). The largest absolute Gasteiger partial charge is 0.416 e. The summed E-state index contributed by atoms with van der Waals surface area (Å²) in [6.07, 6.45) is -2.11. The monoisotopic (exact) mass is 383 g/mol. The fourth-order valence-electron chi connectivity index (χ4n) is 2.11. The number of halogens is 3. The van der Waals surface area contributed by atoms with E-state index in [2.05, 4.69) is 0 Å². The predicted octanol–water partition coefficient (Wildman–Crippen LogP) is 3.85.